The van der Waals surface area contributed by atoms with Gasteiger partial charge in [-0.1, -0.05) is 11.8 Å². The van der Waals surface area contributed by atoms with Crippen molar-refractivity contribution in [1.82, 2.24) is 0 Å². The van der Waals surface area contributed by atoms with Crippen LogP contribution in [0, 0.1) is 0 Å². The Morgan fingerprint density at radius 1 is 0.862 bits per heavy atom. The van der Waals surface area contributed by atoms with Gasteiger partial charge in [-0.15, -0.1) is 0 Å². The Kier molecular flexibility index (Phi) is 6.37. The largest absolute Gasteiger partial charge is 0.481 e. The van der Waals surface area contributed by atoms with Crippen LogP contribution in [-0.4, -0.2) is 45.2 Å². The van der Waals surface area contributed by atoms with Crippen LogP contribution < -0.4 is 14.7 Å². The quantitative estimate of drug-likeness (QED) is 0.670. The number of carbonyl (C=O) groups excluding carboxylic acids is 1. The Balaban J connectivity index is 1.96. The smallest absolute Gasteiger partial charge is 0.303 e. The summed E-state index contributed by atoms with van der Waals surface area (Å²) in [4.78, 5) is 31.9. The minimum absolute atomic E-state index is 0.00612. The fourth-order valence-corrected chi connectivity index (χ4v) is 4.40. The molecule has 3 rings (SSSR count). The highest BCUT2D eigenvalue weighted by molar-refractivity contribution is 7.99. The van der Waals surface area contributed by atoms with Gasteiger partial charge < -0.3 is 14.9 Å². The van der Waals surface area contributed by atoms with E-state index in [4.69, 9.17) is 5.11 Å². The lowest BCUT2D eigenvalue weighted by Crippen LogP contribution is -2.28. The van der Waals surface area contributed by atoms with Gasteiger partial charge in [0.1, 0.15) is 0 Å². The highest BCUT2D eigenvalue weighted by Gasteiger charge is 2.28. The van der Waals surface area contributed by atoms with Gasteiger partial charge in [0.2, 0.25) is 5.91 Å². The van der Waals surface area contributed by atoms with Gasteiger partial charge in [-0.2, -0.15) is 0 Å². The summed E-state index contributed by atoms with van der Waals surface area (Å²) in [5.74, 6) is -0.830. The lowest BCUT2D eigenvalue weighted by Gasteiger charge is -2.32. The van der Waals surface area contributed by atoms with Crippen molar-refractivity contribution < 1.29 is 14.7 Å². The van der Waals surface area contributed by atoms with E-state index in [0.29, 0.717) is 19.3 Å². The third-order valence-corrected chi connectivity index (χ3v) is 6.00. The lowest BCUT2D eigenvalue weighted by atomic mass is 10.1. The third kappa shape index (κ3) is 4.67. The van der Waals surface area contributed by atoms with Gasteiger partial charge >= 0.3 is 5.97 Å². The molecule has 1 amide bonds. The number of carboxylic acid groups (broad SMARTS) is 1. The number of rotatable bonds is 7. The number of aliphatic carboxylic acids is 1. The van der Waals surface area contributed by atoms with Gasteiger partial charge in [0.15, 0.2) is 0 Å². The number of amides is 1. The van der Waals surface area contributed by atoms with Gasteiger partial charge in [0.25, 0.3) is 0 Å². The SMILES string of the molecule is CN(C)c1ccc2c(c1)Sc1cc(N(C)C)ccc1N2C(=O)CCCCC(=O)O. The molecule has 0 bridgehead atoms. The molecule has 0 radical (unpaired) electrons. The first kappa shape index (κ1) is 21.0. The zero-order chi connectivity index (χ0) is 21.1. The molecule has 154 valence electrons. The molecule has 1 N–H and O–H groups in total. The molecule has 1 aliphatic heterocycles. The van der Waals surface area contributed by atoms with E-state index >= 15 is 0 Å². The number of hydrogen-bond acceptors (Lipinski definition) is 5. The van der Waals surface area contributed by atoms with Crippen LogP contribution in [0.25, 0.3) is 0 Å². The van der Waals surface area contributed by atoms with Crippen molar-refractivity contribution in [3.05, 3.63) is 36.4 Å². The average Bonchev–Trinajstić information content (AvgIpc) is 2.67. The number of nitrogens with zero attached hydrogens (tertiary/aromatic N) is 3. The number of carboxylic acids is 1. The molecule has 1 heterocycles. The monoisotopic (exact) mass is 413 g/mol. The zero-order valence-electron chi connectivity index (χ0n) is 17.3. The summed E-state index contributed by atoms with van der Waals surface area (Å²) in [6.07, 6.45) is 1.48. The summed E-state index contributed by atoms with van der Waals surface area (Å²) in [6, 6.07) is 12.2. The number of anilines is 4. The van der Waals surface area contributed by atoms with Crippen molar-refractivity contribution in [1.29, 1.82) is 0 Å². The summed E-state index contributed by atoms with van der Waals surface area (Å²) in [5, 5.41) is 8.82. The normalized spacial score (nSPS) is 12.2. The van der Waals surface area contributed by atoms with Crippen LogP contribution >= 0.6 is 11.8 Å². The third-order valence-electron chi connectivity index (χ3n) is 4.90. The second kappa shape index (κ2) is 8.78. The van der Waals surface area contributed by atoms with Crippen molar-refractivity contribution in [3.8, 4) is 0 Å². The molecule has 7 heteroatoms. The lowest BCUT2D eigenvalue weighted by molar-refractivity contribution is -0.137. The van der Waals surface area contributed by atoms with Crippen LogP contribution in [0.2, 0.25) is 0 Å². The van der Waals surface area contributed by atoms with Crippen molar-refractivity contribution in [3.63, 3.8) is 0 Å². The highest BCUT2D eigenvalue weighted by Crippen LogP contribution is 2.50. The van der Waals surface area contributed by atoms with Crippen LogP contribution in [0.3, 0.4) is 0 Å². The first-order chi connectivity index (χ1) is 13.8. The number of unbranched alkanes of at least 4 members (excludes halogenated alkanes) is 1. The van der Waals surface area contributed by atoms with Crippen LogP contribution in [0.5, 0.6) is 0 Å². The molecule has 2 aromatic carbocycles. The van der Waals surface area contributed by atoms with E-state index in [9.17, 15) is 9.59 Å². The van der Waals surface area contributed by atoms with Gasteiger partial charge in [-0.25, -0.2) is 0 Å². The standard InChI is InChI=1S/C22H27N3O3S/c1-23(2)15-9-11-17-19(13-15)29-20-14-16(24(3)4)10-12-18(20)25(17)21(26)7-5-6-8-22(27)28/h9-14H,5-8H2,1-4H3,(H,27,28). The van der Waals surface area contributed by atoms with E-state index in [2.05, 4.69) is 12.1 Å². The van der Waals surface area contributed by atoms with E-state index < -0.39 is 5.97 Å². The van der Waals surface area contributed by atoms with Gasteiger partial charge in [-0.05, 0) is 49.2 Å². The predicted molar refractivity (Wildman–Crippen MR) is 119 cm³/mol. The Morgan fingerprint density at radius 2 is 1.34 bits per heavy atom. The molecule has 1 aliphatic rings. The molecule has 0 unspecified atom stereocenters. The first-order valence-electron chi connectivity index (χ1n) is 9.63. The first-order valence-corrected chi connectivity index (χ1v) is 10.4. The molecule has 0 aromatic heterocycles. The van der Waals surface area contributed by atoms with E-state index in [1.165, 1.54) is 0 Å². The van der Waals surface area contributed by atoms with E-state index in [1.807, 2.05) is 62.3 Å². The molecule has 0 fully saturated rings. The summed E-state index contributed by atoms with van der Waals surface area (Å²) in [7, 11) is 7.99. The zero-order valence-corrected chi connectivity index (χ0v) is 18.1. The van der Waals surface area contributed by atoms with Crippen LogP contribution in [0.1, 0.15) is 25.7 Å². The van der Waals surface area contributed by atoms with Gasteiger partial charge in [0, 0.05) is 62.2 Å². The minimum Gasteiger partial charge on any atom is -0.481 e. The van der Waals surface area contributed by atoms with E-state index in [-0.39, 0.29) is 12.3 Å². The van der Waals surface area contributed by atoms with Crippen molar-refractivity contribution in [2.75, 3.05) is 42.9 Å². The molecular weight excluding hydrogens is 386 g/mol. The summed E-state index contributed by atoms with van der Waals surface area (Å²) in [6.45, 7) is 0. The molecular formula is C22H27N3O3S. The maximum absolute atomic E-state index is 13.2. The van der Waals surface area contributed by atoms with Gasteiger partial charge in [-0.3, -0.25) is 14.5 Å². The summed E-state index contributed by atoms with van der Waals surface area (Å²) >= 11 is 1.67. The second-order valence-corrected chi connectivity index (χ2v) is 8.61. The number of benzene rings is 2. The summed E-state index contributed by atoms with van der Waals surface area (Å²) < 4.78 is 0. The Morgan fingerprint density at radius 3 is 1.79 bits per heavy atom. The maximum atomic E-state index is 13.2. The van der Waals surface area contributed by atoms with Crippen molar-refractivity contribution in [2.24, 2.45) is 0 Å². The number of fused-ring (bicyclic) bond motifs is 2. The van der Waals surface area contributed by atoms with Crippen LogP contribution in [0.15, 0.2) is 46.2 Å². The van der Waals surface area contributed by atoms with Crippen LogP contribution in [0.4, 0.5) is 22.7 Å². The molecule has 0 saturated carbocycles. The summed E-state index contributed by atoms with van der Waals surface area (Å²) in [5.41, 5.74) is 3.93. The fraction of sp³-hybridized carbons (Fsp3) is 0.364. The molecule has 0 spiro atoms. The molecule has 29 heavy (non-hydrogen) atoms. The maximum Gasteiger partial charge on any atom is 0.303 e. The minimum atomic E-state index is -0.824. The molecule has 0 saturated heterocycles. The Hall–Kier alpha value is -2.67. The van der Waals surface area contributed by atoms with Crippen molar-refractivity contribution >= 4 is 46.4 Å². The van der Waals surface area contributed by atoms with Gasteiger partial charge in [0.05, 0.1) is 11.4 Å². The van der Waals surface area contributed by atoms with E-state index in [1.54, 1.807) is 16.7 Å². The number of carbonyl (C=O) groups is 2. The molecule has 6 nitrogen and oxygen atoms in total. The average molecular weight is 414 g/mol. The number of hydrogen-bond donors (Lipinski definition) is 1. The topological polar surface area (TPSA) is 64.1 Å². The molecule has 0 aliphatic carbocycles. The Bertz CT molecular complexity index is 870. The van der Waals surface area contributed by atoms with E-state index in [0.717, 1.165) is 32.5 Å². The fourth-order valence-electron chi connectivity index (χ4n) is 3.28. The predicted octanol–water partition coefficient (Wildman–Crippen LogP) is 4.59. The van der Waals surface area contributed by atoms with Crippen molar-refractivity contribution in [2.45, 2.75) is 35.5 Å². The molecule has 0 atom stereocenters. The van der Waals surface area contributed by atoms with Crippen LogP contribution in [-0.2, 0) is 9.59 Å². The highest BCUT2D eigenvalue weighted by atomic mass is 32.2. The molecule has 2 aromatic rings. The second-order valence-electron chi connectivity index (χ2n) is 7.52. The Labute approximate surface area is 176 Å².